The van der Waals surface area contributed by atoms with E-state index < -0.39 is 0 Å². The average molecular weight is 437 g/mol. The van der Waals surface area contributed by atoms with E-state index in [1.165, 1.54) is 16.3 Å². The molecule has 30 heavy (non-hydrogen) atoms. The topological polar surface area (TPSA) is 76.9 Å². The van der Waals surface area contributed by atoms with Crippen LogP contribution in [0.15, 0.2) is 83.0 Å². The Morgan fingerprint density at radius 3 is 2.63 bits per heavy atom. The van der Waals surface area contributed by atoms with Crippen LogP contribution in [0.3, 0.4) is 0 Å². The summed E-state index contributed by atoms with van der Waals surface area (Å²) < 4.78 is 1.49. The molecule has 0 unspecified atom stereocenters. The number of hydrogen-bond donors (Lipinski definition) is 1. The van der Waals surface area contributed by atoms with Gasteiger partial charge in [0.2, 0.25) is 5.91 Å². The first-order valence-electron chi connectivity index (χ1n) is 9.18. The first kappa shape index (κ1) is 20.1. The zero-order chi connectivity index (χ0) is 20.9. The Kier molecular flexibility index (Phi) is 6.11. The Bertz CT molecular complexity index is 1240. The maximum atomic E-state index is 13.1. The van der Waals surface area contributed by atoms with E-state index in [1.807, 2.05) is 18.2 Å². The summed E-state index contributed by atoms with van der Waals surface area (Å²) in [7, 11) is 0. The summed E-state index contributed by atoms with van der Waals surface area (Å²) in [5.74, 6) is -0.0337. The molecule has 2 aromatic carbocycles. The molecule has 2 aromatic heterocycles. The van der Waals surface area contributed by atoms with Gasteiger partial charge in [0.15, 0.2) is 5.16 Å². The molecule has 1 N–H and O–H groups in total. The highest BCUT2D eigenvalue weighted by Gasteiger charge is 2.14. The third-order valence-corrected chi connectivity index (χ3v) is 5.57. The van der Waals surface area contributed by atoms with Gasteiger partial charge in [0.25, 0.3) is 5.56 Å². The lowest BCUT2D eigenvalue weighted by atomic mass is 10.2. The van der Waals surface area contributed by atoms with E-state index in [0.717, 1.165) is 5.56 Å². The van der Waals surface area contributed by atoms with Gasteiger partial charge < -0.3 is 5.32 Å². The molecular formula is C22H17ClN4O2S. The molecule has 0 radical (unpaired) electrons. The number of hydrogen-bond acceptors (Lipinski definition) is 5. The number of pyridine rings is 1. The molecule has 0 bridgehead atoms. The lowest BCUT2D eigenvalue weighted by molar-refractivity contribution is -0.118. The van der Waals surface area contributed by atoms with Crippen molar-refractivity contribution in [2.45, 2.75) is 11.7 Å². The minimum Gasteiger partial charge on any atom is -0.351 e. The van der Waals surface area contributed by atoms with Gasteiger partial charge in [0, 0.05) is 17.8 Å². The fourth-order valence-corrected chi connectivity index (χ4v) is 3.88. The average Bonchev–Trinajstić information content (AvgIpc) is 2.78. The zero-order valence-electron chi connectivity index (χ0n) is 15.8. The second-order valence-electron chi connectivity index (χ2n) is 6.46. The van der Waals surface area contributed by atoms with Crippen molar-refractivity contribution in [3.63, 3.8) is 0 Å². The van der Waals surface area contributed by atoms with Gasteiger partial charge in [-0.05, 0) is 42.0 Å². The number of nitrogens with one attached hydrogen (secondary N) is 1. The van der Waals surface area contributed by atoms with E-state index in [-0.39, 0.29) is 17.2 Å². The standard InChI is InChI=1S/C22H17ClN4O2S/c23-16-9-7-15(8-10-16)12-25-20(28)14-30-22-26-19-6-2-1-5-18(19)21(29)27(22)17-4-3-11-24-13-17/h1-11,13H,12,14H2,(H,25,28). The number of halogens is 1. The number of aromatic nitrogens is 3. The molecule has 0 spiro atoms. The maximum Gasteiger partial charge on any atom is 0.266 e. The zero-order valence-corrected chi connectivity index (χ0v) is 17.4. The van der Waals surface area contributed by atoms with Gasteiger partial charge in [-0.15, -0.1) is 0 Å². The van der Waals surface area contributed by atoms with Crippen molar-refractivity contribution in [3.05, 3.63) is 94.0 Å². The van der Waals surface area contributed by atoms with Crippen LogP contribution < -0.4 is 10.9 Å². The fraction of sp³-hybridized carbons (Fsp3) is 0.0909. The van der Waals surface area contributed by atoms with Crippen molar-refractivity contribution in [1.82, 2.24) is 19.9 Å². The number of benzene rings is 2. The highest BCUT2D eigenvalue weighted by Crippen LogP contribution is 2.21. The molecule has 0 saturated carbocycles. The number of thioether (sulfide) groups is 1. The second kappa shape index (κ2) is 9.11. The summed E-state index contributed by atoms with van der Waals surface area (Å²) in [6.45, 7) is 0.400. The van der Waals surface area contributed by atoms with Crippen molar-refractivity contribution in [2.75, 3.05) is 5.75 Å². The Morgan fingerprint density at radius 2 is 1.87 bits per heavy atom. The van der Waals surface area contributed by atoms with Gasteiger partial charge in [-0.3, -0.25) is 19.1 Å². The molecule has 4 rings (SSSR count). The summed E-state index contributed by atoms with van der Waals surface area (Å²) >= 11 is 7.09. The first-order chi connectivity index (χ1) is 14.6. The molecule has 4 aromatic rings. The van der Waals surface area contributed by atoms with Gasteiger partial charge in [-0.1, -0.05) is 47.6 Å². The van der Waals surface area contributed by atoms with Crippen LogP contribution in [0, 0.1) is 0 Å². The molecule has 8 heteroatoms. The van der Waals surface area contributed by atoms with Crippen LogP contribution in [0.25, 0.3) is 16.6 Å². The molecule has 150 valence electrons. The van der Waals surface area contributed by atoms with Crippen molar-refractivity contribution in [1.29, 1.82) is 0 Å². The van der Waals surface area contributed by atoms with Gasteiger partial charge in [-0.2, -0.15) is 0 Å². The maximum absolute atomic E-state index is 13.1. The number of nitrogens with zero attached hydrogens (tertiary/aromatic N) is 3. The number of amides is 1. The van der Waals surface area contributed by atoms with Crippen LogP contribution >= 0.6 is 23.4 Å². The van der Waals surface area contributed by atoms with Crippen molar-refractivity contribution in [3.8, 4) is 5.69 Å². The quantitative estimate of drug-likeness (QED) is 0.367. The SMILES string of the molecule is O=C(CSc1nc2ccccc2c(=O)n1-c1cccnc1)NCc1ccc(Cl)cc1. The van der Waals surface area contributed by atoms with Gasteiger partial charge in [0.1, 0.15) is 0 Å². The monoisotopic (exact) mass is 436 g/mol. The number of fused-ring (bicyclic) bond motifs is 1. The van der Waals surface area contributed by atoms with Gasteiger partial charge in [-0.25, -0.2) is 4.98 Å². The van der Waals surface area contributed by atoms with Crippen LogP contribution in [-0.4, -0.2) is 26.2 Å². The van der Waals surface area contributed by atoms with Gasteiger partial charge >= 0.3 is 0 Å². The van der Waals surface area contributed by atoms with Crippen molar-refractivity contribution >= 4 is 40.2 Å². The summed E-state index contributed by atoms with van der Waals surface area (Å²) in [4.78, 5) is 34.2. The molecule has 0 atom stereocenters. The molecule has 0 aliphatic carbocycles. The molecule has 2 heterocycles. The van der Waals surface area contributed by atoms with Crippen LogP contribution in [0.5, 0.6) is 0 Å². The molecule has 0 fully saturated rings. The summed E-state index contributed by atoms with van der Waals surface area (Å²) in [5, 5.41) is 4.47. The first-order valence-corrected chi connectivity index (χ1v) is 10.5. The number of para-hydroxylation sites is 1. The summed E-state index contributed by atoms with van der Waals surface area (Å²) in [6.07, 6.45) is 3.24. The highest BCUT2D eigenvalue weighted by molar-refractivity contribution is 7.99. The molecule has 0 aliphatic heterocycles. The van der Waals surface area contributed by atoms with Crippen molar-refractivity contribution in [2.24, 2.45) is 0 Å². The van der Waals surface area contributed by atoms with Crippen LogP contribution in [-0.2, 0) is 11.3 Å². The summed E-state index contributed by atoms with van der Waals surface area (Å²) in [6, 6.07) is 18.0. The third-order valence-electron chi connectivity index (χ3n) is 4.38. The number of carbonyl (C=O) groups is 1. The van der Waals surface area contributed by atoms with E-state index in [4.69, 9.17) is 11.6 Å². The Labute approximate surface area is 181 Å². The Balaban J connectivity index is 1.56. The number of rotatable bonds is 6. The van der Waals surface area contributed by atoms with E-state index >= 15 is 0 Å². The second-order valence-corrected chi connectivity index (χ2v) is 7.83. The lowest BCUT2D eigenvalue weighted by Gasteiger charge is -2.13. The van der Waals surface area contributed by atoms with E-state index in [9.17, 15) is 9.59 Å². The molecular weight excluding hydrogens is 420 g/mol. The predicted molar refractivity (Wildman–Crippen MR) is 119 cm³/mol. The molecule has 1 amide bonds. The number of carbonyl (C=O) groups excluding carboxylic acids is 1. The largest absolute Gasteiger partial charge is 0.351 e. The minimum absolute atomic E-state index is 0.124. The predicted octanol–water partition coefficient (Wildman–Crippen LogP) is 3.84. The minimum atomic E-state index is -0.197. The third kappa shape index (κ3) is 4.53. The van der Waals surface area contributed by atoms with Crippen molar-refractivity contribution < 1.29 is 4.79 Å². The normalized spacial score (nSPS) is 10.8. The summed E-state index contributed by atoms with van der Waals surface area (Å²) in [5.41, 5.74) is 1.95. The van der Waals surface area contributed by atoms with E-state index in [2.05, 4.69) is 15.3 Å². The highest BCUT2D eigenvalue weighted by atomic mass is 35.5. The lowest BCUT2D eigenvalue weighted by Crippen LogP contribution is -2.26. The van der Waals surface area contributed by atoms with Crippen LogP contribution in [0.1, 0.15) is 5.56 Å². The Morgan fingerprint density at radius 1 is 1.07 bits per heavy atom. The van der Waals surface area contributed by atoms with Gasteiger partial charge in [0.05, 0.1) is 28.5 Å². The molecule has 0 saturated heterocycles. The smallest absolute Gasteiger partial charge is 0.266 e. The molecule has 6 nitrogen and oxygen atoms in total. The molecule has 0 aliphatic rings. The Hall–Kier alpha value is -3.16. The van der Waals surface area contributed by atoms with Crippen LogP contribution in [0.4, 0.5) is 0 Å². The van der Waals surface area contributed by atoms with E-state index in [0.29, 0.717) is 33.3 Å². The fourth-order valence-electron chi connectivity index (χ4n) is 2.91. The van der Waals surface area contributed by atoms with Crippen LogP contribution in [0.2, 0.25) is 5.02 Å². The van der Waals surface area contributed by atoms with E-state index in [1.54, 1.807) is 54.9 Å².